The van der Waals surface area contributed by atoms with E-state index in [4.69, 9.17) is 11.6 Å². The molecule has 180 valence electrons. The Bertz CT molecular complexity index is 1370. The Morgan fingerprint density at radius 1 is 1.24 bits per heavy atom. The van der Waals surface area contributed by atoms with E-state index in [0.29, 0.717) is 36.5 Å². The lowest BCUT2D eigenvalue weighted by Gasteiger charge is -2.32. The van der Waals surface area contributed by atoms with E-state index >= 15 is 0 Å². The van der Waals surface area contributed by atoms with Crippen molar-refractivity contribution in [3.63, 3.8) is 0 Å². The number of piperidine rings is 1. The zero-order valence-corrected chi connectivity index (χ0v) is 19.9. The molecule has 0 aliphatic carbocycles. The van der Waals surface area contributed by atoms with Crippen molar-refractivity contribution in [3.05, 3.63) is 64.0 Å². The van der Waals surface area contributed by atoms with Gasteiger partial charge in [0.05, 0.1) is 28.5 Å². The van der Waals surface area contributed by atoms with Crippen LogP contribution in [-0.2, 0) is 14.8 Å². The molecule has 1 aliphatic rings. The molecular formula is C22H23ClFN5O4S. The van der Waals surface area contributed by atoms with Crippen molar-refractivity contribution in [2.45, 2.75) is 25.3 Å². The highest BCUT2D eigenvalue weighted by atomic mass is 35.5. The van der Waals surface area contributed by atoms with Gasteiger partial charge in [0.15, 0.2) is 0 Å². The number of aromatic nitrogens is 3. The van der Waals surface area contributed by atoms with Crippen molar-refractivity contribution in [2.24, 2.45) is 5.92 Å². The lowest BCUT2D eigenvalue weighted by molar-refractivity contribution is -0.120. The van der Waals surface area contributed by atoms with Gasteiger partial charge in [-0.15, -0.1) is 0 Å². The maximum absolute atomic E-state index is 13.8. The first-order valence-electron chi connectivity index (χ1n) is 10.7. The second-order valence-corrected chi connectivity index (χ2v) is 10.7. The summed E-state index contributed by atoms with van der Waals surface area (Å²) < 4.78 is 40.1. The number of halogens is 2. The van der Waals surface area contributed by atoms with E-state index in [1.165, 1.54) is 39.8 Å². The van der Waals surface area contributed by atoms with Crippen LogP contribution < -0.4 is 10.9 Å². The molecule has 9 nitrogen and oxygen atoms in total. The molecule has 0 bridgehead atoms. The first-order chi connectivity index (χ1) is 16.1. The largest absolute Gasteiger partial charge is 0.309 e. The summed E-state index contributed by atoms with van der Waals surface area (Å²) in [6, 6.07) is 5.88. The van der Waals surface area contributed by atoms with Crippen LogP contribution in [0.5, 0.6) is 0 Å². The average Bonchev–Trinajstić information content (AvgIpc) is 2.80. The lowest BCUT2D eigenvalue weighted by atomic mass is 9.90. The third kappa shape index (κ3) is 5.43. The van der Waals surface area contributed by atoms with Gasteiger partial charge < -0.3 is 5.32 Å². The normalized spacial score (nSPS) is 16.4. The van der Waals surface area contributed by atoms with Gasteiger partial charge in [-0.05, 0) is 55.5 Å². The van der Waals surface area contributed by atoms with Crippen molar-refractivity contribution in [1.29, 1.82) is 0 Å². The minimum atomic E-state index is -3.29. The van der Waals surface area contributed by atoms with Crippen LogP contribution in [0, 0.1) is 11.7 Å². The van der Waals surface area contributed by atoms with Gasteiger partial charge in [0.25, 0.3) is 5.56 Å². The van der Waals surface area contributed by atoms with Crippen LogP contribution >= 0.6 is 11.6 Å². The molecule has 0 saturated carbocycles. The molecule has 1 saturated heterocycles. The van der Waals surface area contributed by atoms with E-state index < -0.39 is 33.3 Å². The smallest absolute Gasteiger partial charge is 0.262 e. The van der Waals surface area contributed by atoms with Crippen LogP contribution in [0.3, 0.4) is 0 Å². The van der Waals surface area contributed by atoms with Crippen molar-refractivity contribution < 1.29 is 17.6 Å². The molecule has 0 spiro atoms. The number of sulfonamides is 1. The second-order valence-electron chi connectivity index (χ2n) is 8.33. The molecule has 0 radical (unpaired) electrons. The number of pyridine rings is 1. The molecule has 1 N–H and O–H groups in total. The van der Waals surface area contributed by atoms with Gasteiger partial charge in [0.2, 0.25) is 15.9 Å². The Kier molecular flexibility index (Phi) is 6.96. The number of nitrogens with one attached hydrogen (secondary N) is 1. The van der Waals surface area contributed by atoms with Gasteiger partial charge in [-0.25, -0.2) is 27.1 Å². The molecule has 3 aromatic rings. The predicted octanol–water partition coefficient (Wildman–Crippen LogP) is 2.83. The molecule has 1 unspecified atom stereocenters. The van der Waals surface area contributed by atoms with Gasteiger partial charge in [0, 0.05) is 19.3 Å². The van der Waals surface area contributed by atoms with Gasteiger partial charge in [-0.2, -0.15) is 0 Å². The third-order valence-electron chi connectivity index (χ3n) is 5.96. The second kappa shape index (κ2) is 9.77. The maximum atomic E-state index is 13.8. The summed E-state index contributed by atoms with van der Waals surface area (Å²) in [6.07, 6.45) is 5.20. The first-order valence-corrected chi connectivity index (χ1v) is 12.9. The minimum absolute atomic E-state index is 0.0120. The van der Waals surface area contributed by atoms with Crippen molar-refractivity contribution >= 4 is 44.3 Å². The van der Waals surface area contributed by atoms with Gasteiger partial charge >= 0.3 is 0 Å². The van der Waals surface area contributed by atoms with E-state index in [9.17, 15) is 22.4 Å². The summed E-state index contributed by atoms with van der Waals surface area (Å²) in [6.45, 7) is 0.680. The highest BCUT2D eigenvalue weighted by Crippen LogP contribution is 2.28. The Morgan fingerprint density at radius 2 is 1.97 bits per heavy atom. The molecule has 4 rings (SSSR count). The number of fused-ring (bicyclic) bond motifs is 1. The van der Waals surface area contributed by atoms with Crippen molar-refractivity contribution in [2.75, 3.05) is 24.7 Å². The Labute approximate surface area is 200 Å². The Balaban J connectivity index is 1.65. The molecule has 3 heterocycles. The standard InChI is InChI=1S/C22H23ClFN5O4S/c1-34(32,33)28-8-6-14(7-9-28)10-19(21(30)27-20-5-2-15(23)12-25-20)29-13-26-18-4-3-16(24)11-17(18)22(29)31/h2-5,11-14,19H,6-10H2,1H3,(H,25,27,30). The SMILES string of the molecule is CS(=O)(=O)N1CCC(CC(C(=O)Nc2ccc(Cl)cn2)n2cnc3ccc(F)cc3c2=O)CC1. The number of hydrogen-bond donors (Lipinski definition) is 1. The fourth-order valence-corrected chi connectivity index (χ4v) is 5.11. The number of amides is 1. The summed E-state index contributed by atoms with van der Waals surface area (Å²) in [4.78, 5) is 34.8. The maximum Gasteiger partial charge on any atom is 0.262 e. The van der Waals surface area contributed by atoms with Crippen molar-refractivity contribution in [1.82, 2.24) is 18.8 Å². The fourth-order valence-electron chi connectivity index (χ4n) is 4.13. The van der Waals surface area contributed by atoms with Crippen LogP contribution in [0.1, 0.15) is 25.3 Å². The van der Waals surface area contributed by atoms with E-state index in [0.717, 1.165) is 6.07 Å². The predicted molar refractivity (Wildman–Crippen MR) is 127 cm³/mol. The number of carbonyl (C=O) groups is 1. The van der Waals surface area contributed by atoms with E-state index in [1.54, 1.807) is 12.1 Å². The number of hydrogen-bond acceptors (Lipinski definition) is 6. The quantitative estimate of drug-likeness (QED) is 0.548. The Morgan fingerprint density at radius 3 is 2.62 bits per heavy atom. The number of carbonyl (C=O) groups excluding carboxylic acids is 1. The Hall–Kier alpha value is -2.89. The van der Waals surface area contributed by atoms with Gasteiger partial charge in [0.1, 0.15) is 17.7 Å². The number of rotatable bonds is 6. The fraction of sp³-hybridized carbons (Fsp3) is 0.364. The van der Waals surface area contributed by atoms with E-state index in [2.05, 4.69) is 15.3 Å². The monoisotopic (exact) mass is 507 g/mol. The summed E-state index contributed by atoms with van der Waals surface area (Å²) in [7, 11) is -3.29. The van der Waals surface area contributed by atoms with E-state index in [1.807, 2.05) is 0 Å². The summed E-state index contributed by atoms with van der Waals surface area (Å²) in [5.41, 5.74) is -0.218. The molecule has 12 heteroatoms. The van der Waals surface area contributed by atoms with Crippen LogP contribution in [0.25, 0.3) is 10.9 Å². The number of nitrogens with zero attached hydrogens (tertiary/aromatic N) is 4. The summed E-state index contributed by atoms with van der Waals surface area (Å²) in [5.74, 6) is -0.815. The highest BCUT2D eigenvalue weighted by Gasteiger charge is 2.31. The number of anilines is 1. The topological polar surface area (TPSA) is 114 Å². The van der Waals surface area contributed by atoms with Crippen molar-refractivity contribution in [3.8, 4) is 0 Å². The molecule has 2 aromatic heterocycles. The minimum Gasteiger partial charge on any atom is -0.309 e. The first kappa shape index (κ1) is 24.2. The summed E-state index contributed by atoms with van der Waals surface area (Å²) in [5, 5.41) is 3.17. The highest BCUT2D eigenvalue weighted by molar-refractivity contribution is 7.88. The number of benzene rings is 1. The lowest BCUT2D eigenvalue weighted by Crippen LogP contribution is -2.40. The zero-order valence-electron chi connectivity index (χ0n) is 18.3. The van der Waals surface area contributed by atoms with Crippen LogP contribution in [0.15, 0.2) is 47.7 Å². The average molecular weight is 508 g/mol. The van der Waals surface area contributed by atoms with E-state index in [-0.39, 0.29) is 23.5 Å². The molecule has 1 amide bonds. The third-order valence-corrected chi connectivity index (χ3v) is 7.49. The molecule has 1 aliphatic heterocycles. The molecule has 1 atom stereocenters. The van der Waals surface area contributed by atoms with Gasteiger partial charge in [-0.1, -0.05) is 11.6 Å². The van der Waals surface area contributed by atoms with Crippen LogP contribution in [0.2, 0.25) is 5.02 Å². The summed E-state index contributed by atoms with van der Waals surface area (Å²) >= 11 is 5.86. The molecule has 1 aromatic carbocycles. The molecule has 34 heavy (non-hydrogen) atoms. The molecule has 1 fully saturated rings. The van der Waals surface area contributed by atoms with Gasteiger partial charge in [-0.3, -0.25) is 14.2 Å². The van der Waals surface area contributed by atoms with Crippen LogP contribution in [0.4, 0.5) is 10.2 Å². The zero-order chi connectivity index (χ0) is 24.5. The van der Waals surface area contributed by atoms with Crippen LogP contribution in [-0.4, -0.2) is 52.5 Å². The molecular weight excluding hydrogens is 485 g/mol.